The van der Waals surface area contributed by atoms with E-state index in [-0.39, 0.29) is 24.3 Å². The van der Waals surface area contributed by atoms with Crippen molar-refractivity contribution >= 4 is 34.0 Å². The number of hydrogen-bond acceptors (Lipinski definition) is 7. The highest BCUT2D eigenvalue weighted by atomic mass is 16.6. The number of aromatic amines is 2. The molecule has 0 radical (unpaired) electrons. The zero-order valence-electron chi connectivity index (χ0n) is 28.5. The monoisotopic (exact) mass is 649 g/mol. The number of carbonyl (C=O) groups excluding carboxylic acids is 2. The van der Waals surface area contributed by atoms with Gasteiger partial charge in [0.25, 0.3) is 0 Å². The van der Waals surface area contributed by atoms with Crippen LogP contribution >= 0.6 is 0 Å². The van der Waals surface area contributed by atoms with Gasteiger partial charge in [0.1, 0.15) is 28.4 Å². The molecule has 3 aromatic heterocycles. The van der Waals surface area contributed by atoms with E-state index >= 15 is 0 Å². The summed E-state index contributed by atoms with van der Waals surface area (Å²) in [5, 5.41) is 2.19. The summed E-state index contributed by atoms with van der Waals surface area (Å²) in [5.74, 6) is 1.53. The van der Waals surface area contributed by atoms with Gasteiger partial charge in [-0.15, -0.1) is 0 Å². The molecular formula is C37H43N7O4. The van der Waals surface area contributed by atoms with Gasteiger partial charge in [-0.1, -0.05) is 24.3 Å². The lowest BCUT2D eigenvalue weighted by Crippen LogP contribution is -2.36. The third-order valence-corrected chi connectivity index (χ3v) is 8.82. The maximum absolute atomic E-state index is 12.9. The zero-order chi connectivity index (χ0) is 33.8. The van der Waals surface area contributed by atoms with Gasteiger partial charge < -0.3 is 19.4 Å². The summed E-state index contributed by atoms with van der Waals surface area (Å²) in [6.07, 6.45) is 6.50. The molecule has 0 unspecified atom stereocenters. The summed E-state index contributed by atoms with van der Waals surface area (Å²) in [6, 6.07) is 14.4. The predicted molar refractivity (Wildman–Crippen MR) is 184 cm³/mol. The number of nitrogens with zero attached hydrogens (tertiary/aromatic N) is 5. The number of nitrogens with one attached hydrogen (secondary N) is 2. The van der Waals surface area contributed by atoms with Crippen molar-refractivity contribution in [2.24, 2.45) is 0 Å². The summed E-state index contributed by atoms with van der Waals surface area (Å²) in [7, 11) is 0. The molecular weight excluding hydrogens is 606 g/mol. The number of carbonyl (C=O) groups is 2. The molecule has 250 valence electrons. The van der Waals surface area contributed by atoms with Crippen LogP contribution in [0.15, 0.2) is 54.9 Å². The SMILES string of the molecule is CC(C)(C)OC(=O)N1CCC[C@H]1c1ncc(-c2ccc3cc(-c4cc5[nH]c([C@@H]6CCCN6C(=O)OC(C)(C)C)nc5cn4)ccc3c2)[nH]1. The molecule has 2 saturated heterocycles. The van der Waals surface area contributed by atoms with Crippen molar-refractivity contribution in [1.82, 2.24) is 34.7 Å². The summed E-state index contributed by atoms with van der Waals surface area (Å²) in [5.41, 5.74) is 4.31. The second-order valence-electron chi connectivity index (χ2n) is 14.8. The van der Waals surface area contributed by atoms with Crippen LogP contribution < -0.4 is 0 Å². The lowest BCUT2D eigenvalue weighted by molar-refractivity contribution is 0.0208. The van der Waals surface area contributed by atoms with Crippen LogP contribution in [0.1, 0.15) is 91.0 Å². The summed E-state index contributed by atoms with van der Waals surface area (Å²) in [6.45, 7) is 12.6. The fraction of sp³-hybridized carbons (Fsp3) is 0.432. The Balaban J connectivity index is 1.09. The van der Waals surface area contributed by atoms with Crippen LogP contribution in [-0.4, -0.2) is 71.2 Å². The largest absolute Gasteiger partial charge is 0.444 e. The van der Waals surface area contributed by atoms with E-state index in [0.29, 0.717) is 13.1 Å². The van der Waals surface area contributed by atoms with E-state index in [9.17, 15) is 9.59 Å². The van der Waals surface area contributed by atoms with Gasteiger partial charge in [-0.2, -0.15) is 0 Å². The molecule has 2 N–H and O–H groups in total. The Morgan fingerprint density at radius 3 is 1.94 bits per heavy atom. The lowest BCUT2D eigenvalue weighted by atomic mass is 10.0. The minimum Gasteiger partial charge on any atom is -0.444 e. The minimum absolute atomic E-state index is 0.130. The molecule has 11 nitrogen and oxygen atoms in total. The molecule has 7 rings (SSSR count). The normalized spacial score (nSPS) is 18.6. The summed E-state index contributed by atoms with van der Waals surface area (Å²) >= 11 is 0. The summed E-state index contributed by atoms with van der Waals surface area (Å²) < 4.78 is 11.3. The molecule has 2 amide bonds. The molecule has 2 aromatic carbocycles. The molecule has 0 aliphatic carbocycles. The van der Waals surface area contributed by atoms with Crippen molar-refractivity contribution in [2.45, 2.75) is 90.5 Å². The molecule has 0 spiro atoms. The van der Waals surface area contributed by atoms with Gasteiger partial charge in [0.15, 0.2) is 0 Å². The number of likely N-dealkylation sites (tertiary alicyclic amines) is 2. The fourth-order valence-corrected chi connectivity index (χ4v) is 6.65. The number of aromatic nitrogens is 5. The van der Waals surface area contributed by atoms with Crippen molar-refractivity contribution in [3.05, 3.63) is 66.5 Å². The van der Waals surface area contributed by atoms with Gasteiger partial charge in [-0.25, -0.2) is 19.6 Å². The van der Waals surface area contributed by atoms with Crippen molar-refractivity contribution in [1.29, 1.82) is 0 Å². The van der Waals surface area contributed by atoms with Crippen LogP contribution in [-0.2, 0) is 9.47 Å². The van der Waals surface area contributed by atoms with E-state index in [1.54, 1.807) is 16.0 Å². The highest BCUT2D eigenvalue weighted by molar-refractivity contribution is 5.91. The first kappa shape index (κ1) is 31.7. The first-order chi connectivity index (χ1) is 22.8. The number of amides is 2. The van der Waals surface area contributed by atoms with Crippen LogP contribution in [0.3, 0.4) is 0 Å². The molecule has 0 bridgehead atoms. The summed E-state index contributed by atoms with van der Waals surface area (Å²) in [4.78, 5) is 50.4. The molecule has 2 aliphatic rings. The van der Waals surface area contributed by atoms with Gasteiger partial charge in [0.05, 0.1) is 41.4 Å². The van der Waals surface area contributed by atoms with Crippen LogP contribution in [0.5, 0.6) is 0 Å². The maximum atomic E-state index is 12.9. The standard InChI is InChI=1S/C37H43N7O4/c1-36(2,3)47-34(45)43-15-7-9-30(43)32-39-20-28(41-32)25-14-12-22-17-24(13-11-23(22)18-25)26-19-27-29(21-38-26)42-33(40-27)31-10-8-16-44(31)35(46)48-37(4,5)6/h11-14,17-21,30-31H,7-10,15-16H2,1-6H3,(H,39,41)(H,40,42)/t30-,31-/m0/s1. The third kappa shape index (κ3) is 6.46. The van der Waals surface area contributed by atoms with E-state index in [4.69, 9.17) is 19.4 Å². The van der Waals surface area contributed by atoms with Crippen molar-refractivity contribution < 1.29 is 19.1 Å². The van der Waals surface area contributed by atoms with Crippen molar-refractivity contribution in [3.8, 4) is 22.5 Å². The Bertz CT molecular complexity index is 2000. The first-order valence-corrected chi connectivity index (χ1v) is 16.8. The van der Waals surface area contributed by atoms with Crippen LogP contribution in [0.2, 0.25) is 0 Å². The van der Waals surface area contributed by atoms with Gasteiger partial charge in [-0.05, 0) is 96.2 Å². The number of fused-ring (bicyclic) bond motifs is 2. The van der Waals surface area contributed by atoms with Crippen molar-refractivity contribution in [3.63, 3.8) is 0 Å². The second-order valence-corrected chi connectivity index (χ2v) is 14.8. The average Bonchev–Trinajstić information content (AvgIpc) is 3.84. The Labute approximate surface area is 280 Å². The first-order valence-electron chi connectivity index (χ1n) is 16.8. The molecule has 2 fully saturated rings. The Morgan fingerprint density at radius 2 is 1.31 bits per heavy atom. The molecule has 0 saturated carbocycles. The van der Waals surface area contributed by atoms with Crippen LogP contribution in [0, 0.1) is 0 Å². The third-order valence-electron chi connectivity index (χ3n) is 8.82. The number of rotatable bonds is 4. The van der Waals surface area contributed by atoms with E-state index in [0.717, 1.165) is 81.7 Å². The maximum Gasteiger partial charge on any atom is 0.410 e. The quantitative estimate of drug-likeness (QED) is 0.200. The number of ether oxygens (including phenoxy) is 2. The zero-order valence-corrected chi connectivity index (χ0v) is 28.5. The fourth-order valence-electron chi connectivity index (χ4n) is 6.65. The number of hydrogen-bond donors (Lipinski definition) is 2. The number of imidazole rings is 2. The van der Waals surface area contributed by atoms with Gasteiger partial charge in [0, 0.05) is 24.2 Å². The Morgan fingerprint density at radius 1 is 0.729 bits per heavy atom. The van der Waals surface area contributed by atoms with Crippen LogP contribution in [0.25, 0.3) is 44.3 Å². The molecule has 48 heavy (non-hydrogen) atoms. The van der Waals surface area contributed by atoms with Crippen molar-refractivity contribution in [2.75, 3.05) is 13.1 Å². The predicted octanol–water partition coefficient (Wildman–Crippen LogP) is 8.31. The molecule has 5 heterocycles. The van der Waals surface area contributed by atoms with Gasteiger partial charge >= 0.3 is 12.2 Å². The smallest absolute Gasteiger partial charge is 0.410 e. The molecule has 2 aliphatic heterocycles. The Kier molecular flexibility index (Phi) is 7.88. The van der Waals surface area contributed by atoms with E-state index < -0.39 is 11.2 Å². The lowest BCUT2D eigenvalue weighted by Gasteiger charge is -2.27. The molecule has 5 aromatic rings. The molecule has 11 heteroatoms. The number of H-pyrrole nitrogens is 2. The molecule has 2 atom stereocenters. The van der Waals surface area contributed by atoms with Gasteiger partial charge in [-0.3, -0.25) is 14.8 Å². The number of pyridine rings is 1. The van der Waals surface area contributed by atoms with E-state index in [1.807, 2.05) is 53.8 Å². The van der Waals surface area contributed by atoms with E-state index in [1.165, 1.54) is 0 Å². The average molecular weight is 650 g/mol. The van der Waals surface area contributed by atoms with Crippen LogP contribution in [0.4, 0.5) is 9.59 Å². The van der Waals surface area contributed by atoms with Gasteiger partial charge in [0.2, 0.25) is 0 Å². The second kappa shape index (κ2) is 11.9. The Hall–Kier alpha value is -4.93. The number of benzene rings is 2. The highest BCUT2D eigenvalue weighted by Gasteiger charge is 2.36. The topological polar surface area (TPSA) is 129 Å². The highest BCUT2D eigenvalue weighted by Crippen LogP contribution is 2.35. The van der Waals surface area contributed by atoms with E-state index in [2.05, 4.69) is 51.4 Å². The minimum atomic E-state index is -0.552.